The van der Waals surface area contributed by atoms with Crippen molar-refractivity contribution in [2.24, 2.45) is 0 Å². The Bertz CT molecular complexity index is 974. The molecule has 0 aliphatic heterocycles. The first-order valence-electron chi connectivity index (χ1n) is 9.98. The molecule has 0 amide bonds. The van der Waals surface area contributed by atoms with Crippen LogP contribution in [0.5, 0.6) is 17.2 Å². The lowest BCUT2D eigenvalue weighted by Crippen LogP contribution is -2.17. The van der Waals surface area contributed by atoms with Crippen LogP contribution in [0.3, 0.4) is 0 Å². The molecule has 0 spiro atoms. The van der Waals surface area contributed by atoms with E-state index >= 15 is 0 Å². The Hall–Kier alpha value is -2.69. The van der Waals surface area contributed by atoms with Crippen molar-refractivity contribution in [1.29, 1.82) is 0 Å². The van der Waals surface area contributed by atoms with E-state index in [0.29, 0.717) is 29.7 Å². The van der Waals surface area contributed by atoms with E-state index in [-0.39, 0.29) is 0 Å². The van der Waals surface area contributed by atoms with Crippen molar-refractivity contribution >= 4 is 11.6 Å². The van der Waals surface area contributed by atoms with E-state index in [0.717, 1.165) is 29.8 Å². The van der Waals surface area contributed by atoms with Crippen molar-refractivity contribution in [1.82, 2.24) is 5.32 Å². The number of aryl methyl sites for hydroxylation is 1. The van der Waals surface area contributed by atoms with E-state index in [4.69, 9.17) is 25.8 Å². The molecule has 158 valence electrons. The summed E-state index contributed by atoms with van der Waals surface area (Å²) < 4.78 is 16.9. The summed E-state index contributed by atoms with van der Waals surface area (Å²) >= 11 is 6.51. The molecule has 1 N–H and O–H groups in total. The van der Waals surface area contributed by atoms with Gasteiger partial charge >= 0.3 is 0 Å². The molecule has 5 heteroatoms. The molecule has 0 aromatic heterocycles. The van der Waals surface area contributed by atoms with Crippen LogP contribution in [0, 0.1) is 6.92 Å². The molecule has 3 aromatic rings. The van der Waals surface area contributed by atoms with Crippen molar-refractivity contribution in [3.05, 3.63) is 87.9 Å². The van der Waals surface area contributed by atoms with Crippen LogP contribution in [0.15, 0.2) is 60.7 Å². The van der Waals surface area contributed by atoms with Crippen molar-refractivity contribution in [2.45, 2.75) is 26.5 Å². The van der Waals surface area contributed by atoms with Gasteiger partial charge < -0.3 is 19.5 Å². The fraction of sp³-hybridized carbons (Fsp3) is 0.280. The Morgan fingerprint density at radius 3 is 2.43 bits per heavy atom. The second-order valence-electron chi connectivity index (χ2n) is 7.13. The summed E-state index contributed by atoms with van der Waals surface area (Å²) in [5.41, 5.74) is 4.52. The third-order valence-electron chi connectivity index (χ3n) is 4.85. The van der Waals surface area contributed by atoms with Gasteiger partial charge in [0.2, 0.25) is 0 Å². The van der Waals surface area contributed by atoms with Crippen LogP contribution in [0.1, 0.15) is 22.3 Å². The van der Waals surface area contributed by atoms with E-state index in [1.54, 1.807) is 14.2 Å². The highest BCUT2D eigenvalue weighted by atomic mass is 35.5. The molecule has 3 aromatic carbocycles. The molecule has 0 bridgehead atoms. The molecule has 0 atom stereocenters. The molecule has 30 heavy (non-hydrogen) atoms. The van der Waals surface area contributed by atoms with Gasteiger partial charge in [0.05, 0.1) is 19.2 Å². The van der Waals surface area contributed by atoms with Crippen molar-refractivity contribution in [3.63, 3.8) is 0 Å². The van der Waals surface area contributed by atoms with Crippen molar-refractivity contribution in [3.8, 4) is 17.2 Å². The van der Waals surface area contributed by atoms with Gasteiger partial charge in [-0.1, -0.05) is 59.6 Å². The van der Waals surface area contributed by atoms with Gasteiger partial charge in [-0.15, -0.1) is 0 Å². The van der Waals surface area contributed by atoms with Gasteiger partial charge in [-0.2, -0.15) is 0 Å². The Balaban J connectivity index is 1.59. The third kappa shape index (κ3) is 5.91. The van der Waals surface area contributed by atoms with Gasteiger partial charge in [-0.25, -0.2) is 0 Å². The molecule has 4 nitrogen and oxygen atoms in total. The van der Waals surface area contributed by atoms with E-state index < -0.39 is 0 Å². The van der Waals surface area contributed by atoms with Gasteiger partial charge in [-0.3, -0.25) is 0 Å². The lowest BCUT2D eigenvalue weighted by molar-refractivity contribution is 0.284. The van der Waals surface area contributed by atoms with Crippen LogP contribution in [0.2, 0.25) is 5.02 Å². The first kappa shape index (κ1) is 22.0. The van der Waals surface area contributed by atoms with Crippen molar-refractivity contribution < 1.29 is 14.2 Å². The number of methoxy groups -OCH3 is 2. The monoisotopic (exact) mass is 425 g/mol. The van der Waals surface area contributed by atoms with Crippen molar-refractivity contribution in [2.75, 3.05) is 20.8 Å². The van der Waals surface area contributed by atoms with E-state index in [1.807, 2.05) is 42.5 Å². The molecule has 0 aliphatic carbocycles. The smallest absolute Gasteiger partial charge is 0.180 e. The maximum atomic E-state index is 6.51. The minimum absolute atomic E-state index is 0.439. The van der Waals surface area contributed by atoms with E-state index in [1.165, 1.54) is 11.1 Å². The molecular weight excluding hydrogens is 398 g/mol. The topological polar surface area (TPSA) is 39.7 Å². The van der Waals surface area contributed by atoms with Crippen LogP contribution in [0.4, 0.5) is 0 Å². The number of halogens is 1. The number of hydrogen-bond donors (Lipinski definition) is 1. The van der Waals surface area contributed by atoms with Crippen LogP contribution in [0.25, 0.3) is 0 Å². The predicted octanol–water partition coefficient (Wildman–Crippen LogP) is 5.58. The quantitative estimate of drug-likeness (QED) is 0.430. The van der Waals surface area contributed by atoms with Gasteiger partial charge in [0.15, 0.2) is 11.5 Å². The Kier molecular flexibility index (Phi) is 8.00. The Morgan fingerprint density at radius 1 is 0.867 bits per heavy atom. The lowest BCUT2D eigenvalue weighted by atomic mass is 10.1. The maximum absolute atomic E-state index is 6.51. The highest BCUT2D eigenvalue weighted by Gasteiger charge is 2.12. The standard InChI is InChI=1S/C25H28ClNO3/c1-18-7-6-8-19(13-18)17-30-25-22(26)14-20(15-24(25)29-3)16-27-12-11-21-9-4-5-10-23(21)28-2/h4-10,13-15,27H,11-12,16-17H2,1-3H3. The van der Waals surface area contributed by atoms with Gasteiger partial charge in [0.1, 0.15) is 12.4 Å². The number of rotatable bonds is 10. The highest BCUT2D eigenvalue weighted by Crippen LogP contribution is 2.37. The summed E-state index contributed by atoms with van der Waals surface area (Å²) in [6, 6.07) is 20.2. The summed E-state index contributed by atoms with van der Waals surface area (Å²) in [5.74, 6) is 2.12. The Labute approximate surface area is 183 Å². The zero-order chi connectivity index (χ0) is 21.3. The molecule has 3 rings (SSSR count). The van der Waals surface area contributed by atoms with Gasteiger partial charge in [0.25, 0.3) is 0 Å². The molecule has 0 aliphatic rings. The summed E-state index contributed by atoms with van der Waals surface area (Å²) in [4.78, 5) is 0. The molecule has 0 heterocycles. The van der Waals surface area contributed by atoms with Crippen LogP contribution >= 0.6 is 11.6 Å². The average molecular weight is 426 g/mol. The number of hydrogen-bond acceptors (Lipinski definition) is 4. The summed E-state index contributed by atoms with van der Waals surface area (Å²) in [7, 11) is 3.33. The fourth-order valence-electron chi connectivity index (χ4n) is 3.34. The maximum Gasteiger partial charge on any atom is 0.180 e. The van der Waals surface area contributed by atoms with Crippen LogP contribution in [-0.2, 0) is 19.6 Å². The summed E-state index contributed by atoms with van der Waals surface area (Å²) in [6.45, 7) is 4.01. The lowest BCUT2D eigenvalue weighted by Gasteiger charge is -2.15. The second kappa shape index (κ2) is 10.9. The van der Waals surface area contributed by atoms with E-state index in [2.05, 4.69) is 30.4 Å². The second-order valence-corrected chi connectivity index (χ2v) is 7.53. The van der Waals surface area contributed by atoms with E-state index in [9.17, 15) is 0 Å². The molecule has 0 radical (unpaired) electrons. The zero-order valence-electron chi connectivity index (χ0n) is 17.7. The molecular formula is C25H28ClNO3. The first-order valence-corrected chi connectivity index (χ1v) is 10.4. The fourth-order valence-corrected chi connectivity index (χ4v) is 3.63. The Morgan fingerprint density at radius 2 is 1.67 bits per heavy atom. The molecule has 0 fully saturated rings. The highest BCUT2D eigenvalue weighted by molar-refractivity contribution is 6.32. The van der Waals surface area contributed by atoms with Gasteiger partial charge in [-0.05, 0) is 54.8 Å². The average Bonchev–Trinajstić information content (AvgIpc) is 2.76. The molecule has 0 unspecified atom stereocenters. The van der Waals surface area contributed by atoms with Crippen LogP contribution < -0.4 is 19.5 Å². The van der Waals surface area contributed by atoms with Crippen LogP contribution in [-0.4, -0.2) is 20.8 Å². The summed E-state index contributed by atoms with van der Waals surface area (Å²) in [5, 5.41) is 4.00. The third-order valence-corrected chi connectivity index (χ3v) is 5.13. The molecule has 0 saturated carbocycles. The predicted molar refractivity (Wildman–Crippen MR) is 122 cm³/mol. The zero-order valence-corrected chi connectivity index (χ0v) is 18.5. The number of ether oxygens (including phenoxy) is 3. The normalized spacial score (nSPS) is 10.7. The largest absolute Gasteiger partial charge is 0.496 e. The number of para-hydroxylation sites is 1. The first-order chi connectivity index (χ1) is 14.6. The number of nitrogens with one attached hydrogen (secondary N) is 1. The number of benzene rings is 3. The SMILES string of the molecule is COc1ccccc1CCNCc1cc(Cl)c(OCc2cccc(C)c2)c(OC)c1. The minimum atomic E-state index is 0.439. The summed E-state index contributed by atoms with van der Waals surface area (Å²) in [6.07, 6.45) is 0.882. The molecule has 0 saturated heterocycles. The minimum Gasteiger partial charge on any atom is -0.496 e. The van der Waals surface area contributed by atoms with Gasteiger partial charge in [0, 0.05) is 6.54 Å².